The monoisotopic (exact) mass is 522 g/mol. The summed E-state index contributed by atoms with van der Waals surface area (Å²) in [6.45, 7) is 10.8. The van der Waals surface area contributed by atoms with Crippen molar-refractivity contribution in [3.05, 3.63) is 36.2 Å². The Hall–Kier alpha value is -3.74. The van der Waals surface area contributed by atoms with E-state index in [1.54, 1.807) is 26.4 Å². The number of amidine groups is 1. The van der Waals surface area contributed by atoms with Crippen molar-refractivity contribution in [2.75, 3.05) is 37.0 Å². The first-order valence-corrected chi connectivity index (χ1v) is 12.6. The van der Waals surface area contributed by atoms with Gasteiger partial charge in [-0.15, -0.1) is 0 Å². The lowest BCUT2D eigenvalue weighted by molar-refractivity contribution is 0.0783. The summed E-state index contributed by atoms with van der Waals surface area (Å²) >= 11 is 1.36. The number of aromatic nitrogens is 3. The number of rotatable bonds is 8. The molecule has 1 aliphatic rings. The van der Waals surface area contributed by atoms with Gasteiger partial charge < -0.3 is 20.1 Å². The molecule has 1 aliphatic heterocycles. The summed E-state index contributed by atoms with van der Waals surface area (Å²) in [5.74, 6) is 1.59. The predicted octanol–water partition coefficient (Wildman–Crippen LogP) is 3.57. The molecule has 2 aromatic heterocycles. The molecule has 0 aliphatic carbocycles. The third-order valence-electron chi connectivity index (χ3n) is 5.82. The largest absolute Gasteiger partial charge is 0.385 e. The van der Waals surface area contributed by atoms with Gasteiger partial charge in [0.25, 0.3) is 0 Å². The Kier molecular flexibility index (Phi) is 8.21. The van der Waals surface area contributed by atoms with Gasteiger partial charge in [0.05, 0.1) is 16.3 Å². The Bertz CT molecular complexity index is 1360. The summed E-state index contributed by atoms with van der Waals surface area (Å²) < 4.78 is 6.24. The standard InChI is InChI=1S/C25H30N8O3S/c1-6-27-24(35)32-25-30-19-10-16(14(2)11-29-22(26-4)15(3)34)9-18(21(19)37-25)23-28-8-7-20(31-23)33-12-17(13-33)36-5/h7-11,15,17,34H,4,6,12-13H2,1-3,5H3,(H2,27,30,32,35)/b14-11+,29-22?. The molecule has 11 nitrogen and oxygen atoms in total. The lowest BCUT2D eigenvalue weighted by Crippen LogP contribution is -2.52. The lowest BCUT2D eigenvalue weighted by atomic mass is 10.0. The van der Waals surface area contributed by atoms with Crippen LogP contribution in [0.2, 0.25) is 0 Å². The second-order valence-electron chi connectivity index (χ2n) is 8.51. The number of urea groups is 1. The molecular weight excluding hydrogens is 492 g/mol. The van der Waals surface area contributed by atoms with Gasteiger partial charge in [-0.1, -0.05) is 11.3 Å². The summed E-state index contributed by atoms with van der Waals surface area (Å²) in [5.41, 5.74) is 3.13. The Morgan fingerprint density at radius 3 is 2.86 bits per heavy atom. The van der Waals surface area contributed by atoms with Crippen LogP contribution in [-0.4, -0.2) is 77.6 Å². The van der Waals surface area contributed by atoms with Crippen molar-refractivity contribution >= 4 is 56.7 Å². The van der Waals surface area contributed by atoms with Crippen molar-refractivity contribution in [3.8, 4) is 11.4 Å². The van der Waals surface area contributed by atoms with Crippen molar-refractivity contribution in [1.82, 2.24) is 20.3 Å². The van der Waals surface area contributed by atoms with Gasteiger partial charge in [0.1, 0.15) is 11.9 Å². The summed E-state index contributed by atoms with van der Waals surface area (Å²) in [5, 5.41) is 15.8. The highest BCUT2D eigenvalue weighted by Crippen LogP contribution is 2.37. The van der Waals surface area contributed by atoms with E-state index in [0.29, 0.717) is 23.0 Å². The van der Waals surface area contributed by atoms with E-state index in [2.05, 4.69) is 42.2 Å². The number of hydrogen-bond donors (Lipinski definition) is 3. The molecular formula is C25H30N8O3S. The average molecular weight is 523 g/mol. The number of nitrogens with zero attached hydrogens (tertiary/aromatic N) is 6. The van der Waals surface area contributed by atoms with Gasteiger partial charge >= 0.3 is 6.03 Å². The van der Waals surface area contributed by atoms with E-state index < -0.39 is 6.10 Å². The number of aliphatic imine (C=N–C) groups is 2. The fourth-order valence-electron chi connectivity index (χ4n) is 3.73. The van der Waals surface area contributed by atoms with E-state index in [1.807, 2.05) is 32.0 Å². The number of aliphatic hydroxyl groups is 1. The first kappa shape index (κ1) is 26.3. The Balaban J connectivity index is 1.79. The summed E-state index contributed by atoms with van der Waals surface area (Å²) in [6, 6.07) is 5.46. The van der Waals surface area contributed by atoms with E-state index in [-0.39, 0.29) is 18.0 Å². The number of methoxy groups -OCH3 is 1. The van der Waals surface area contributed by atoms with E-state index in [9.17, 15) is 9.90 Å². The minimum Gasteiger partial charge on any atom is -0.385 e. The van der Waals surface area contributed by atoms with Gasteiger partial charge in [0, 0.05) is 44.7 Å². The molecule has 3 aromatic rings. The Labute approximate surface area is 219 Å². The van der Waals surface area contributed by atoms with Gasteiger partial charge in [-0.25, -0.2) is 29.7 Å². The summed E-state index contributed by atoms with van der Waals surface area (Å²) in [4.78, 5) is 36.3. The van der Waals surface area contributed by atoms with E-state index in [1.165, 1.54) is 11.3 Å². The van der Waals surface area contributed by atoms with Crippen LogP contribution in [0, 0.1) is 0 Å². The van der Waals surface area contributed by atoms with Gasteiger partial charge in [-0.2, -0.15) is 0 Å². The number of carbonyl (C=O) groups excluding carboxylic acids is 1. The molecule has 1 fully saturated rings. The number of aliphatic hydroxyl groups excluding tert-OH is 1. The minimum absolute atomic E-state index is 0.197. The number of thiazole rings is 1. The summed E-state index contributed by atoms with van der Waals surface area (Å²) in [7, 11) is 1.71. The van der Waals surface area contributed by atoms with Crippen LogP contribution in [0.1, 0.15) is 26.3 Å². The third kappa shape index (κ3) is 5.98. The molecule has 1 unspecified atom stereocenters. The maximum absolute atomic E-state index is 12.1. The second-order valence-corrected chi connectivity index (χ2v) is 9.51. The molecule has 0 radical (unpaired) electrons. The maximum atomic E-state index is 12.1. The minimum atomic E-state index is -0.837. The van der Waals surface area contributed by atoms with E-state index in [4.69, 9.17) is 9.72 Å². The molecule has 194 valence electrons. The van der Waals surface area contributed by atoms with E-state index in [0.717, 1.165) is 40.3 Å². The van der Waals surface area contributed by atoms with Crippen LogP contribution in [-0.2, 0) is 4.74 Å². The zero-order chi connectivity index (χ0) is 26.5. The number of carbonyl (C=O) groups is 1. The average Bonchev–Trinajstić information content (AvgIpc) is 3.25. The highest BCUT2D eigenvalue weighted by atomic mass is 32.1. The fraction of sp³-hybridized carbons (Fsp3) is 0.360. The van der Waals surface area contributed by atoms with Crippen LogP contribution in [0.3, 0.4) is 0 Å². The molecule has 2 amide bonds. The molecule has 0 bridgehead atoms. The van der Waals surface area contributed by atoms with Gasteiger partial charge in [-0.3, -0.25) is 5.32 Å². The highest BCUT2D eigenvalue weighted by molar-refractivity contribution is 7.22. The SMILES string of the molecule is C=NC(=N/C=C(\C)c1cc(-c2nccc(N3CC(OC)C3)n2)c2sc(NC(=O)NCC)nc2c1)C(C)O. The number of anilines is 2. The number of hydrogen-bond acceptors (Lipinski definition) is 9. The number of benzene rings is 1. The number of amides is 2. The topological polar surface area (TPSA) is 137 Å². The highest BCUT2D eigenvalue weighted by Gasteiger charge is 2.28. The normalized spacial score (nSPS) is 15.4. The maximum Gasteiger partial charge on any atom is 0.321 e. The van der Waals surface area contributed by atoms with Crippen LogP contribution in [0.15, 0.2) is 40.6 Å². The number of nitrogens with one attached hydrogen (secondary N) is 2. The molecule has 1 atom stereocenters. The van der Waals surface area contributed by atoms with Gasteiger partial charge in [-0.05, 0) is 56.8 Å². The van der Waals surface area contributed by atoms with Crippen molar-refractivity contribution < 1.29 is 14.6 Å². The van der Waals surface area contributed by atoms with Crippen LogP contribution in [0.5, 0.6) is 0 Å². The predicted molar refractivity (Wildman–Crippen MR) is 149 cm³/mol. The smallest absolute Gasteiger partial charge is 0.321 e. The Morgan fingerprint density at radius 2 is 2.19 bits per heavy atom. The molecule has 37 heavy (non-hydrogen) atoms. The molecule has 0 spiro atoms. The molecule has 1 saturated heterocycles. The fourth-order valence-corrected chi connectivity index (χ4v) is 4.68. The van der Waals surface area contributed by atoms with Crippen molar-refractivity contribution in [3.63, 3.8) is 0 Å². The van der Waals surface area contributed by atoms with Crippen LogP contribution >= 0.6 is 11.3 Å². The third-order valence-corrected chi connectivity index (χ3v) is 6.84. The van der Waals surface area contributed by atoms with Gasteiger partial charge in [0.15, 0.2) is 16.8 Å². The van der Waals surface area contributed by atoms with Crippen LogP contribution in [0.4, 0.5) is 15.7 Å². The zero-order valence-corrected chi connectivity index (χ0v) is 22.0. The van der Waals surface area contributed by atoms with Gasteiger partial charge in [0.2, 0.25) is 0 Å². The zero-order valence-electron chi connectivity index (χ0n) is 21.2. The molecule has 3 heterocycles. The molecule has 12 heteroatoms. The Morgan fingerprint density at radius 1 is 1.41 bits per heavy atom. The molecule has 4 rings (SSSR count). The summed E-state index contributed by atoms with van der Waals surface area (Å²) in [6.07, 6.45) is 2.73. The molecule has 3 N–H and O–H groups in total. The van der Waals surface area contributed by atoms with Crippen LogP contribution in [0.25, 0.3) is 27.2 Å². The first-order valence-electron chi connectivity index (χ1n) is 11.8. The molecule has 1 aromatic carbocycles. The van der Waals surface area contributed by atoms with Crippen LogP contribution < -0.4 is 15.5 Å². The first-order chi connectivity index (χ1) is 17.8. The molecule has 0 saturated carbocycles. The van der Waals surface area contributed by atoms with Crippen molar-refractivity contribution in [2.24, 2.45) is 9.98 Å². The van der Waals surface area contributed by atoms with E-state index >= 15 is 0 Å². The quantitative estimate of drug-likeness (QED) is 0.304. The number of allylic oxidation sites excluding steroid dienone is 1. The number of fused-ring (bicyclic) bond motifs is 1. The number of ether oxygens (including phenoxy) is 1. The van der Waals surface area contributed by atoms with Crippen molar-refractivity contribution in [1.29, 1.82) is 0 Å². The second kappa shape index (κ2) is 11.5. The van der Waals surface area contributed by atoms with Crippen molar-refractivity contribution in [2.45, 2.75) is 33.0 Å². The lowest BCUT2D eigenvalue weighted by Gasteiger charge is -2.39.